The molecular weight excluding hydrogens is 683 g/mol. The number of hydrogen-bond acceptors (Lipinski definition) is 3. The van der Waals surface area contributed by atoms with Gasteiger partial charge in [0.2, 0.25) is 0 Å². The maximum absolute atomic E-state index is 7.16. The zero-order chi connectivity index (χ0) is 38.7. The van der Waals surface area contributed by atoms with Crippen LogP contribution in [0.25, 0.3) is 66.1 Å². The van der Waals surface area contributed by atoms with Gasteiger partial charge in [0.25, 0.3) is 0 Å². The molecule has 276 valence electrons. The van der Waals surface area contributed by atoms with Gasteiger partial charge < -0.3 is 13.7 Å². The minimum Gasteiger partial charge on any atom is -0.456 e. The summed E-state index contributed by atoms with van der Waals surface area (Å²) in [5.41, 5.74) is 16.6. The molecule has 3 nitrogen and oxygen atoms in total. The van der Waals surface area contributed by atoms with Crippen LogP contribution in [-0.2, 0) is 16.2 Å². The minimum atomic E-state index is -0.311. The first-order valence-electron chi connectivity index (χ1n) is 19.8. The van der Waals surface area contributed by atoms with Crippen LogP contribution in [0.4, 0.5) is 17.1 Å². The van der Waals surface area contributed by atoms with E-state index in [4.69, 9.17) is 8.83 Å². The number of fused-ring (bicyclic) bond motifs is 10. The van der Waals surface area contributed by atoms with E-state index in [0.717, 1.165) is 50.2 Å². The predicted molar refractivity (Wildman–Crippen MR) is 236 cm³/mol. The summed E-state index contributed by atoms with van der Waals surface area (Å²) in [7, 11) is 0. The zero-order valence-electron chi connectivity index (χ0n) is 33.5. The average molecular weight is 730 g/mol. The highest BCUT2D eigenvalue weighted by Gasteiger charge is 2.41. The molecule has 0 aliphatic heterocycles. The van der Waals surface area contributed by atoms with Crippen molar-refractivity contribution in [2.75, 3.05) is 4.90 Å². The number of hydrogen-bond donors (Lipinski definition) is 0. The van der Waals surface area contributed by atoms with Crippen molar-refractivity contribution in [2.24, 2.45) is 0 Å². The van der Waals surface area contributed by atoms with Gasteiger partial charge in [0.1, 0.15) is 22.3 Å². The second-order valence-electron chi connectivity index (χ2n) is 18.2. The van der Waals surface area contributed by atoms with E-state index < -0.39 is 0 Å². The largest absolute Gasteiger partial charge is 0.456 e. The van der Waals surface area contributed by atoms with Crippen LogP contribution in [-0.4, -0.2) is 0 Å². The molecule has 10 rings (SSSR count). The van der Waals surface area contributed by atoms with Crippen molar-refractivity contribution in [1.29, 1.82) is 0 Å². The molecule has 3 heteroatoms. The van der Waals surface area contributed by atoms with Gasteiger partial charge in [0.05, 0.1) is 5.69 Å². The lowest BCUT2D eigenvalue weighted by Crippen LogP contribution is -2.16. The van der Waals surface area contributed by atoms with Gasteiger partial charge in [0, 0.05) is 61.1 Å². The lowest BCUT2D eigenvalue weighted by atomic mass is 9.79. The maximum atomic E-state index is 7.16. The Morgan fingerprint density at radius 2 is 1.18 bits per heavy atom. The molecule has 2 heterocycles. The molecule has 0 amide bonds. The highest BCUT2D eigenvalue weighted by molar-refractivity contribution is 6.12. The number of anilines is 3. The standard InChI is InChI=1S/C53H47NO2/c1-51(2,3)34-29-41-39-27-28-40-47-42(53(7,8)48(40)50(39)56-49(41)43(30-34)52(4,5)6)18-14-19-44(47)54(35-23-21-33(22-24-35)32-15-10-9-11-16-32)36-25-26-38-37-17-12-13-20-45(37)55-46(38)31-36/h9-31H,1-8H3. The maximum Gasteiger partial charge on any atom is 0.140 e. The van der Waals surface area contributed by atoms with Gasteiger partial charge in [-0.15, -0.1) is 0 Å². The third-order valence-electron chi connectivity index (χ3n) is 12.1. The Bertz CT molecular complexity index is 3000. The topological polar surface area (TPSA) is 29.5 Å². The van der Waals surface area contributed by atoms with Crippen molar-refractivity contribution in [2.45, 2.75) is 71.6 Å². The number of nitrogens with zero attached hydrogens (tertiary/aromatic N) is 1. The molecule has 0 atom stereocenters. The Kier molecular flexibility index (Phi) is 7.36. The summed E-state index contributed by atoms with van der Waals surface area (Å²) in [5, 5.41) is 4.63. The summed E-state index contributed by atoms with van der Waals surface area (Å²) < 4.78 is 13.6. The van der Waals surface area contributed by atoms with Crippen molar-refractivity contribution < 1.29 is 8.83 Å². The quantitative estimate of drug-likeness (QED) is 0.181. The van der Waals surface area contributed by atoms with E-state index in [9.17, 15) is 0 Å². The lowest BCUT2D eigenvalue weighted by Gasteiger charge is -2.29. The fourth-order valence-electron chi connectivity index (χ4n) is 9.14. The van der Waals surface area contributed by atoms with E-state index in [0.29, 0.717) is 0 Å². The normalized spacial score (nSPS) is 13.9. The van der Waals surface area contributed by atoms with Gasteiger partial charge in [-0.1, -0.05) is 140 Å². The van der Waals surface area contributed by atoms with Gasteiger partial charge in [-0.3, -0.25) is 0 Å². The molecule has 0 radical (unpaired) electrons. The van der Waals surface area contributed by atoms with E-state index in [1.165, 1.54) is 55.3 Å². The molecule has 7 aromatic carbocycles. The van der Waals surface area contributed by atoms with Crippen LogP contribution in [0.1, 0.15) is 77.6 Å². The van der Waals surface area contributed by atoms with Gasteiger partial charge in [-0.25, -0.2) is 0 Å². The Morgan fingerprint density at radius 1 is 0.500 bits per heavy atom. The van der Waals surface area contributed by atoms with Gasteiger partial charge >= 0.3 is 0 Å². The van der Waals surface area contributed by atoms with Crippen LogP contribution in [0.15, 0.2) is 148 Å². The molecule has 0 N–H and O–H groups in total. The predicted octanol–water partition coefficient (Wildman–Crippen LogP) is 15.5. The highest BCUT2D eigenvalue weighted by Crippen LogP contribution is 2.57. The molecule has 0 unspecified atom stereocenters. The minimum absolute atomic E-state index is 0.00701. The second kappa shape index (κ2) is 12.0. The molecule has 1 aliphatic carbocycles. The first kappa shape index (κ1) is 34.4. The highest BCUT2D eigenvalue weighted by atomic mass is 16.3. The van der Waals surface area contributed by atoms with E-state index in [-0.39, 0.29) is 16.2 Å². The van der Waals surface area contributed by atoms with Crippen LogP contribution >= 0.6 is 0 Å². The summed E-state index contributed by atoms with van der Waals surface area (Å²) >= 11 is 0. The van der Waals surface area contributed by atoms with Crippen molar-refractivity contribution >= 4 is 60.9 Å². The van der Waals surface area contributed by atoms with Crippen LogP contribution in [0.3, 0.4) is 0 Å². The molecule has 0 spiro atoms. The molecule has 0 saturated heterocycles. The monoisotopic (exact) mass is 729 g/mol. The molecule has 56 heavy (non-hydrogen) atoms. The van der Waals surface area contributed by atoms with E-state index in [1.807, 2.05) is 12.1 Å². The molecule has 0 fully saturated rings. The second-order valence-corrected chi connectivity index (χ2v) is 18.2. The van der Waals surface area contributed by atoms with Crippen molar-refractivity contribution in [3.63, 3.8) is 0 Å². The van der Waals surface area contributed by atoms with Crippen LogP contribution < -0.4 is 4.90 Å². The van der Waals surface area contributed by atoms with Gasteiger partial charge in [-0.05, 0) is 87.2 Å². The van der Waals surface area contributed by atoms with Crippen molar-refractivity contribution in [3.05, 3.63) is 162 Å². The third-order valence-corrected chi connectivity index (χ3v) is 12.1. The zero-order valence-corrected chi connectivity index (χ0v) is 33.5. The van der Waals surface area contributed by atoms with Crippen LogP contribution in [0.2, 0.25) is 0 Å². The van der Waals surface area contributed by atoms with E-state index >= 15 is 0 Å². The Morgan fingerprint density at radius 3 is 1.93 bits per heavy atom. The lowest BCUT2D eigenvalue weighted by molar-refractivity contribution is 0.556. The SMILES string of the molecule is CC(C)(C)c1cc(C(C)(C)C)c2oc3c4c(ccc3c2c1)-c1c(N(c2ccc(-c3ccccc3)cc2)c2ccc3c(c2)oc2ccccc23)cccc1C4(C)C. The molecular formula is C53H47NO2. The van der Waals surface area contributed by atoms with Crippen LogP contribution in [0.5, 0.6) is 0 Å². The summed E-state index contributed by atoms with van der Waals surface area (Å²) in [6.45, 7) is 18.5. The Balaban J connectivity index is 1.22. The van der Waals surface area contributed by atoms with Crippen molar-refractivity contribution in [1.82, 2.24) is 0 Å². The number of furan rings is 2. The van der Waals surface area contributed by atoms with Gasteiger partial charge in [0.15, 0.2) is 0 Å². The summed E-state index contributed by atoms with van der Waals surface area (Å²) in [5.74, 6) is 0. The summed E-state index contributed by atoms with van der Waals surface area (Å²) in [6, 6.07) is 50.7. The fourth-order valence-corrected chi connectivity index (χ4v) is 9.14. The summed E-state index contributed by atoms with van der Waals surface area (Å²) in [4.78, 5) is 2.40. The van der Waals surface area contributed by atoms with Crippen molar-refractivity contribution in [3.8, 4) is 22.3 Å². The third kappa shape index (κ3) is 5.17. The number of para-hydroxylation sites is 1. The smallest absolute Gasteiger partial charge is 0.140 e. The Hall–Kier alpha value is -6.06. The number of benzene rings is 7. The first-order chi connectivity index (χ1) is 26.8. The van der Waals surface area contributed by atoms with E-state index in [1.54, 1.807) is 0 Å². The number of rotatable bonds is 4. The molecule has 0 bridgehead atoms. The van der Waals surface area contributed by atoms with Gasteiger partial charge in [-0.2, -0.15) is 0 Å². The molecule has 9 aromatic rings. The Labute approximate surface area is 329 Å². The summed E-state index contributed by atoms with van der Waals surface area (Å²) in [6.07, 6.45) is 0. The molecule has 0 saturated carbocycles. The fraction of sp³-hybridized carbons (Fsp3) is 0.208. The van der Waals surface area contributed by atoms with Crippen LogP contribution in [0, 0.1) is 0 Å². The molecule has 1 aliphatic rings. The first-order valence-corrected chi connectivity index (χ1v) is 19.8. The van der Waals surface area contributed by atoms with E-state index in [2.05, 4.69) is 188 Å². The average Bonchev–Trinajstić information content (AvgIpc) is 3.82. The molecule has 2 aromatic heterocycles.